The fourth-order valence-electron chi connectivity index (χ4n) is 2.57. The molecule has 2 aromatic heterocycles. The summed E-state index contributed by atoms with van der Waals surface area (Å²) in [6.07, 6.45) is 4.51. The molecule has 2 heterocycles. The number of benzene rings is 1. The number of aromatic nitrogens is 2. The number of amides is 1. The molecule has 0 fully saturated rings. The molecule has 1 unspecified atom stereocenters. The lowest BCUT2D eigenvalue weighted by molar-refractivity contribution is 0.0915. The number of carbonyl (C=O) groups excluding carboxylic acids is 1. The lowest BCUT2D eigenvalue weighted by Gasteiger charge is -2.17. The van der Waals surface area contributed by atoms with E-state index in [1.54, 1.807) is 42.7 Å². The van der Waals surface area contributed by atoms with Crippen molar-refractivity contribution in [1.29, 1.82) is 0 Å². The number of nitrogens with two attached hydrogens (primary N) is 1. The monoisotopic (exact) mass is 432 g/mol. The number of aliphatic hydroxyl groups excluding tert-OH is 1. The molecule has 0 aliphatic heterocycles. The van der Waals surface area contributed by atoms with Gasteiger partial charge in [0, 0.05) is 34.2 Å². The minimum atomic E-state index is -0.611. The highest BCUT2D eigenvalue weighted by atomic mass is 35.5. The summed E-state index contributed by atoms with van der Waals surface area (Å²) in [4.78, 5) is 20.6. The molecule has 0 spiro atoms. The zero-order valence-corrected chi connectivity index (χ0v) is 16.7. The second-order valence-corrected chi connectivity index (χ2v) is 6.91. The predicted molar refractivity (Wildman–Crippen MR) is 111 cm³/mol. The molecule has 1 amide bonds. The Morgan fingerprint density at radius 2 is 1.97 bits per heavy atom. The van der Waals surface area contributed by atoms with Crippen molar-refractivity contribution in [3.8, 4) is 5.75 Å². The quantitative estimate of drug-likeness (QED) is 0.527. The maximum atomic E-state index is 12.6. The van der Waals surface area contributed by atoms with E-state index >= 15 is 0 Å². The number of pyridine rings is 2. The summed E-state index contributed by atoms with van der Waals surface area (Å²) >= 11 is 12.3. The van der Waals surface area contributed by atoms with E-state index in [9.17, 15) is 9.90 Å². The van der Waals surface area contributed by atoms with E-state index in [0.29, 0.717) is 21.2 Å². The Labute approximate surface area is 177 Å². The van der Waals surface area contributed by atoms with Crippen molar-refractivity contribution in [2.75, 3.05) is 12.3 Å². The molecule has 0 bridgehead atoms. The van der Waals surface area contributed by atoms with Crippen molar-refractivity contribution in [1.82, 2.24) is 15.3 Å². The average molecular weight is 433 g/mol. The topological polar surface area (TPSA) is 110 Å². The maximum absolute atomic E-state index is 12.6. The Morgan fingerprint density at radius 1 is 1.21 bits per heavy atom. The van der Waals surface area contributed by atoms with E-state index < -0.39 is 11.9 Å². The van der Waals surface area contributed by atoms with Gasteiger partial charge in [-0.1, -0.05) is 35.3 Å². The lowest BCUT2D eigenvalue weighted by Crippen LogP contribution is -2.31. The highest BCUT2D eigenvalue weighted by molar-refractivity contribution is 6.35. The predicted octanol–water partition coefficient (Wildman–Crippen LogP) is 3.41. The number of halogens is 2. The number of aliphatic hydroxyl groups is 1. The summed E-state index contributed by atoms with van der Waals surface area (Å²) in [5.74, 6) is -0.104. The van der Waals surface area contributed by atoms with Crippen LogP contribution in [-0.2, 0) is 6.61 Å². The number of hydrogen-bond donors (Lipinski definition) is 3. The molecule has 0 aliphatic rings. The van der Waals surface area contributed by atoms with Crippen molar-refractivity contribution in [3.05, 3.63) is 81.7 Å². The molecule has 9 heteroatoms. The van der Waals surface area contributed by atoms with Crippen molar-refractivity contribution in [2.24, 2.45) is 0 Å². The van der Waals surface area contributed by atoms with E-state index in [1.807, 2.05) is 0 Å². The minimum Gasteiger partial charge on any atom is -0.485 e. The number of ether oxygens (including phenoxy) is 1. The Kier molecular flexibility index (Phi) is 6.87. The number of nitrogens with zero attached hydrogens (tertiary/aromatic N) is 2. The first kappa shape index (κ1) is 20.9. The third-order valence-electron chi connectivity index (χ3n) is 4.15. The number of anilines is 1. The van der Waals surface area contributed by atoms with Gasteiger partial charge in [-0.25, -0.2) is 4.98 Å². The molecule has 0 radical (unpaired) electrons. The van der Waals surface area contributed by atoms with Gasteiger partial charge in [-0.15, -0.1) is 0 Å². The molecule has 0 saturated carbocycles. The van der Waals surface area contributed by atoms with E-state index in [2.05, 4.69) is 15.3 Å². The van der Waals surface area contributed by atoms with Gasteiger partial charge in [0.15, 0.2) is 11.6 Å². The van der Waals surface area contributed by atoms with Gasteiger partial charge in [0.2, 0.25) is 0 Å². The van der Waals surface area contributed by atoms with Gasteiger partial charge in [0.1, 0.15) is 6.61 Å². The number of nitrogen functional groups attached to an aromatic ring is 1. The fraction of sp³-hybridized carbons (Fsp3) is 0.150. The number of carbonyl (C=O) groups is 1. The zero-order valence-electron chi connectivity index (χ0n) is 15.2. The smallest absolute Gasteiger partial charge is 0.253 e. The van der Waals surface area contributed by atoms with Crippen LogP contribution >= 0.6 is 23.2 Å². The van der Waals surface area contributed by atoms with Crippen LogP contribution in [0.25, 0.3) is 0 Å². The highest BCUT2D eigenvalue weighted by Gasteiger charge is 2.17. The zero-order chi connectivity index (χ0) is 20.8. The van der Waals surface area contributed by atoms with Crippen molar-refractivity contribution in [2.45, 2.75) is 12.6 Å². The molecule has 3 rings (SSSR count). The first-order valence-corrected chi connectivity index (χ1v) is 9.38. The number of nitrogens with one attached hydrogen (secondary N) is 1. The van der Waals surface area contributed by atoms with Gasteiger partial charge in [0.05, 0.1) is 18.2 Å². The molecule has 3 aromatic rings. The average Bonchev–Trinajstić information content (AvgIpc) is 2.73. The van der Waals surface area contributed by atoms with E-state index in [4.69, 9.17) is 33.7 Å². The normalized spacial score (nSPS) is 11.7. The highest BCUT2D eigenvalue weighted by Crippen LogP contribution is 2.28. The molecule has 0 saturated heterocycles. The van der Waals surface area contributed by atoms with Crippen molar-refractivity contribution < 1.29 is 14.6 Å². The van der Waals surface area contributed by atoms with Gasteiger partial charge in [0.25, 0.3) is 5.91 Å². The van der Waals surface area contributed by atoms with E-state index in [1.165, 1.54) is 12.3 Å². The van der Waals surface area contributed by atoms with E-state index in [-0.39, 0.29) is 30.3 Å². The first-order chi connectivity index (χ1) is 14.0. The molecule has 1 atom stereocenters. The molecule has 29 heavy (non-hydrogen) atoms. The Balaban J connectivity index is 1.75. The van der Waals surface area contributed by atoms with Crippen LogP contribution in [0.3, 0.4) is 0 Å². The lowest BCUT2D eigenvalue weighted by atomic mass is 10.1. The molecule has 7 nitrogen and oxygen atoms in total. The molecule has 150 valence electrons. The standard InChI is InChI=1S/C20H18Cl2N4O3/c21-15-4-1-5-16(22)14(15)11-29-18-7-13(9-25-19(18)23)20(28)26-17(10-27)12-3-2-6-24-8-12/h1-9,17,27H,10-11H2,(H2,23,25)(H,26,28). The summed E-state index contributed by atoms with van der Waals surface area (Å²) in [6.45, 7) is -0.224. The number of rotatable bonds is 7. The van der Waals surface area contributed by atoms with Crippen LogP contribution in [0.2, 0.25) is 10.0 Å². The van der Waals surface area contributed by atoms with Gasteiger partial charge in [-0.3, -0.25) is 9.78 Å². The fourth-order valence-corrected chi connectivity index (χ4v) is 3.08. The summed E-state index contributed by atoms with van der Waals surface area (Å²) in [5.41, 5.74) is 7.37. The largest absolute Gasteiger partial charge is 0.485 e. The summed E-state index contributed by atoms with van der Waals surface area (Å²) in [6, 6.07) is 9.48. The Morgan fingerprint density at radius 3 is 2.62 bits per heavy atom. The van der Waals surface area contributed by atoms with Crippen LogP contribution in [0.4, 0.5) is 5.82 Å². The van der Waals surface area contributed by atoms with Crippen LogP contribution in [0, 0.1) is 0 Å². The summed E-state index contributed by atoms with van der Waals surface area (Å²) in [7, 11) is 0. The van der Waals surface area contributed by atoms with Crippen LogP contribution in [0.15, 0.2) is 55.0 Å². The second-order valence-electron chi connectivity index (χ2n) is 6.09. The molecule has 1 aromatic carbocycles. The maximum Gasteiger partial charge on any atom is 0.253 e. The molecule has 4 N–H and O–H groups in total. The summed E-state index contributed by atoms with van der Waals surface area (Å²) < 4.78 is 5.70. The van der Waals surface area contributed by atoms with Crippen LogP contribution in [-0.4, -0.2) is 27.6 Å². The van der Waals surface area contributed by atoms with Crippen LogP contribution in [0.5, 0.6) is 5.75 Å². The van der Waals surface area contributed by atoms with Gasteiger partial charge >= 0.3 is 0 Å². The summed E-state index contributed by atoms with van der Waals surface area (Å²) in [5, 5.41) is 13.3. The van der Waals surface area contributed by atoms with Crippen LogP contribution in [0.1, 0.15) is 27.5 Å². The molecular weight excluding hydrogens is 415 g/mol. The first-order valence-electron chi connectivity index (χ1n) is 8.62. The van der Waals surface area contributed by atoms with Gasteiger partial charge in [-0.2, -0.15) is 0 Å². The third kappa shape index (κ3) is 5.14. The van der Waals surface area contributed by atoms with E-state index in [0.717, 1.165) is 0 Å². The minimum absolute atomic E-state index is 0.0599. The van der Waals surface area contributed by atoms with Crippen LogP contribution < -0.4 is 15.8 Å². The molecule has 0 aliphatic carbocycles. The van der Waals surface area contributed by atoms with Crippen molar-refractivity contribution in [3.63, 3.8) is 0 Å². The Bertz CT molecular complexity index is 982. The molecular formula is C20H18Cl2N4O3. The van der Waals surface area contributed by atoms with Gasteiger partial charge < -0.3 is 20.9 Å². The van der Waals surface area contributed by atoms with Crippen molar-refractivity contribution >= 4 is 34.9 Å². The third-order valence-corrected chi connectivity index (χ3v) is 4.86. The van der Waals surface area contributed by atoms with Gasteiger partial charge in [-0.05, 0) is 29.8 Å². The Hall–Kier alpha value is -2.87. The second kappa shape index (κ2) is 9.56. The number of hydrogen-bond acceptors (Lipinski definition) is 6. The SMILES string of the molecule is Nc1ncc(C(=O)NC(CO)c2cccnc2)cc1OCc1c(Cl)cccc1Cl.